The van der Waals surface area contributed by atoms with Crippen LogP contribution >= 0.6 is 11.8 Å². The number of aryl methyl sites for hydroxylation is 1. The van der Waals surface area contributed by atoms with E-state index >= 15 is 0 Å². The molecule has 0 fully saturated rings. The first-order chi connectivity index (χ1) is 10.2. The first kappa shape index (κ1) is 15.8. The van der Waals surface area contributed by atoms with Crippen LogP contribution in [0.2, 0.25) is 0 Å². The molecule has 0 atom stereocenters. The Labute approximate surface area is 129 Å². The second kappa shape index (κ2) is 7.41. The van der Waals surface area contributed by atoms with Crippen LogP contribution in [-0.4, -0.2) is 16.5 Å². The van der Waals surface area contributed by atoms with Gasteiger partial charge in [0.2, 0.25) is 0 Å². The highest BCUT2D eigenvalue weighted by atomic mass is 32.2. The predicted molar refractivity (Wildman–Crippen MR) is 86.3 cm³/mol. The molecule has 2 rings (SSSR count). The quantitative estimate of drug-likeness (QED) is 0.811. The molecule has 0 aliphatic carbocycles. The fourth-order valence-electron chi connectivity index (χ4n) is 2.07. The van der Waals surface area contributed by atoms with Crippen LogP contribution in [-0.2, 0) is 12.2 Å². The highest BCUT2D eigenvalue weighted by Gasteiger charge is 2.10. The van der Waals surface area contributed by atoms with E-state index in [1.165, 1.54) is 17.8 Å². The van der Waals surface area contributed by atoms with E-state index in [0.29, 0.717) is 10.6 Å². The second-order valence-electron chi connectivity index (χ2n) is 4.66. The van der Waals surface area contributed by atoms with Crippen molar-refractivity contribution in [3.05, 3.63) is 47.2 Å². The van der Waals surface area contributed by atoms with Crippen LogP contribution in [0.4, 0.5) is 10.2 Å². The van der Waals surface area contributed by atoms with Gasteiger partial charge in [-0.05, 0) is 32.4 Å². The Bertz CT molecular complexity index is 616. The summed E-state index contributed by atoms with van der Waals surface area (Å²) in [7, 11) is 0. The van der Waals surface area contributed by atoms with Gasteiger partial charge in [-0.25, -0.2) is 14.4 Å². The number of rotatable bonds is 6. The average molecular weight is 305 g/mol. The molecular weight excluding hydrogens is 285 g/mol. The van der Waals surface area contributed by atoms with E-state index in [1.807, 2.05) is 19.9 Å². The van der Waals surface area contributed by atoms with E-state index in [2.05, 4.69) is 22.2 Å². The van der Waals surface area contributed by atoms with Crippen LogP contribution in [0.3, 0.4) is 0 Å². The molecule has 0 saturated carbocycles. The minimum Gasteiger partial charge on any atom is -0.370 e. The number of halogens is 1. The van der Waals surface area contributed by atoms with Crippen molar-refractivity contribution < 1.29 is 4.39 Å². The van der Waals surface area contributed by atoms with Crippen LogP contribution in [0.1, 0.15) is 30.9 Å². The van der Waals surface area contributed by atoms with Gasteiger partial charge in [0.1, 0.15) is 17.5 Å². The predicted octanol–water partition coefficient (Wildman–Crippen LogP) is 4.21. The fourth-order valence-corrected chi connectivity index (χ4v) is 2.86. The van der Waals surface area contributed by atoms with Crippen molar-refractivity contribution in [3.63, 3.8) is 0 Å². The third-order valence-corrected chi connectivity index (χ3v) is 4.21. The van der Waals surface area contributed by atoms with Crippen molar-refractivity contribution in [2.24, 2.45) is 0 Å². The summed E-state index contributed by atoms with van der Waals surface area (Å²) < 4.78 is 13.6. The second-order valence-corrected chi connectivity index (χ2v) is 5.68. The van der Waals surface area contributed by atoms with E-state index in [-0.39, 0.29) is 5.82 Å². The number of nitrogens with one attached hydrogen (secondary N) is 1. The topological polar surface area (TPSA) is 37.8 Å². The molecule has 21 heavy (non-hydrogen) atoms. The Hall–Kier alpha value is -1.62. The summed E-state index contributed by atoms with van der Waals surface area (Å²) in [5, 5.41) is 3.27. The third-order valence-electron chi connectivity index (χ3n) is 3.17. The Kier molecular flexibility index (Phi) is 5.56. The van der Waals surface area contributed by atoms with E-state index < -0.39 is 0 Å². The molecule has 2 aromatic rings. The smallest absolute Gasteiger partial charge is 0.141 e. The highest BCUT2D eigenvalue weighted by molar-refractivity contribution is 7.98. The zero-order valence-corrected chi connectivity index (χ0v) is 13.4. The van der Waals surface area contributed by atoms with Crippen molar-refractivity contribution in [2.75, 3.05) is 11.9 Å². The minimum atomic E-state index is -0.197. The number of benzene rings is 1. The van der Waals surface area contributed by atoms with Crippen LogP contribution in [0.15, 0.2) is 29.2 Å². The molecule has 1 aromatic carbocycles. The zero-order chi connectivity index (χ0) is 15.2. The third kappa shape index (κ3) is 3.94. The van der Waals surface area contributed by atoms with Crippen molar-refractivity contribution in [1.29, 1.82) is 0 Å². The molecule has 0 bridgehead atoms. The number of aromatic nitrogens is 2. The molecule has 0 aliphatic rings. The SMILES string of the molecule is CCNc1nc(CSc2ccccc2F)nc(CC)c1C. The monoisotopic (exact) mass is 305 g/mol. The van der Waals surface area contributed by atoms with Gasteiger partial charge in [-0.1, -0.05) is 19.1 Å². The molecule has 0 spiro atoms. The van der Waals surface area contributed by atoms with Gasteiger partial charge in [-0.15, -0.1) is 11.8 Å². The lowest BCUT2D eigenvalue weighted by molar-refractivity contribution is 0.602. The van der Waals surface area contributed by atoms with Crippen LogP contribution in [0, 0.1) is 12.7 Å². The highest BCUT2D eigenvalue weighted by Crippen LogP contribution is 2.25. The summed E-state index contributed by atoms with van der Waals surface area (Å²) in [4.78, 5) is 9.76. The van der Waals surface area contributed by atoms with Crippen molar-refractivity contribution in [3.8, 4) is 0 Å². The molecule has 3 nitrogen and oxygen atoms in total. The standard InChI is InChI=1S/C16H20FN3S/c1-4-13-11(3)16(18-5-2)20-15(19-13)10-21-14-9-7-6-8-12(14)17/h6-9H,4-5,10H2,1-3H3,(H,18,19,20). The number of nitrogens with zero attached hydrogens (tertiary/aromatic N) is 2. The lowest BCUT2D eigenvalue weighted by Crippen LogP contribution is -2.08. The van der Waals surface area contributed by atoms with Gasteiger partial charge in [0.15, 0.2) is 0 Å². The zero-order valence-electron chi connectivity index (χ0n) is 12.6. The maximum atomic E-state index is 13.6. The molecule has 0 unspecified atom stereocenters. The maximum Gasteiger partial charge on any atom is 0.141 e. The minimum absolute atomic E-state index is 0.197. The summed E-state index contributed by atoms with van der Waals surface area (Å²) in [6.07, 6.45) is 0.865. The molecular formula is C16H20FN3S. The Balaban J connectivity index is 2.20. The summed E-state index contributed by atoms with van der Waals surface area (Å²) in [6.45, 7) is 6.98. The molecule has 0 amide bonds. The van der Waals surface area contributed by atoms with E-state index in [9.17, 15) is 4.39 Å². The van der Waals surface area contributed by atoms with Gasteiger partial charge in [-0.2, -0.15) is 0 Å². The van der Waals surface area contributed by atoms with E-state index in [1.54, 1.807) is 12.1 Å². The molecule has 0 aliphatic heterocycles. The van der Waals surface area contributed by atoms with E-state index in [0.717, 1.165) is 35.9 Å². The average Bonchev–Trinajstić information content (AvgIpc) is 2.49. The first-order valence-corrected chi connectivity index (χ1v) is 8.11. The van der Waals surface area contributed by atoms with Crippen LogP contribution < -0.4 is 5.32 Å². The van der Waals surface area contributed by atoms with Gasteiger partial charge in [-0.3, -0.25) is 0 Å². The van der Waals surface area contributed by atoms with Gasteiger partial charge < -0.3 is 5.32 Å². The lowest BCUT2D eigenvalue weighted by atomic mass is 10.2. The van der Waals surface area contributed by atoms with Gasteiger partial charge in [0.05, 0.1) is 5.75 Å². The normalized spacial score (nSPS) is 10.7. The van der Waals surface area contributed by atoms with Crippen molar-refractivity contribution in [2.45, 2.75) is 37.8 Å². The molecule has 1 N–H and O–H groups in total. The lowest BCUT2D eigenvalue weighted by Gasteiger charge is -2.12. The molecule has 112 valence electrons. The Morgan fingerprint density at radius 2 is 1.95 bits per heavy atom. The summed E-state index contributed by atoms with van der Waals surface area (Å²) in [6, 6.07) is 6.78. The maximum absolute atomic E-state index is 13.6. The number of hydrogen-bond donors (Lipinski definition) is 1. The van der Waals surface area contributed by atoms with Crippen LogP contribution in [0.5, 0.6) is 0 Å². The van der Waals surface area contributed by atoms with Gasteiger partial charge in [0, 0.05) is 22.7 Å². The first-order valence-electron chi connectivity index (χ1n) is 7.13. The Morgan fingerprint density at radius 1 is 1.19 bits per heavy atom. The summed E-state index contributed by atoms with van der Waals surface area (Å²) >= 11 is 1.42. The van der Waals surface area contributed by atoms with Crippen LogP contribution in [0.25, 0.3) is 0 Å². The van der Waals surface area contributed by atoms with Crippen molar-refractivity contribution >= 4 is 17.6 Å². The van der Waals surface area contributed by atoms with Gasteiger partial charge in [0.25, 0.3) is 0 Å². The molecule has 1 aromatic heterocycles. The number of hydrogen-bond acceptors (Lipinski definition) is 4. The van der Waals surface area contributed by atoms with Gasteiger partial charge >= 0.3 is 0 Å². The molecule has 5 heteroatoms. The van der Waals surface area contributed by atoms with E-state index in [4.69, 9.17) is 0 Å². The fraction of sp³-hybridized carbons (Fsp3) is 0.375. The molecule has 1 heterocycles. The van der Waals surface area contributed by atoms with Crippen molar-refractivity contribution in [1.82, 2.24) is 9.97 Å². The summed E-state index contributed by atoms with van der Waals surface area (Å²) in [5.41, 5.74) is 2.14. The molecule has 0 saturated heterocycles. The summed E-state index contributed by atoms with van der Waals surface area (Å²) in [5.74, 6) is 1.99. The Morgan fingerprint density at radius 3 is 2.62 bits per heavy atom. The number of anilines is 1. The largest absolute Gasteiger partial charge is 0.370 e. The molecule has 0 radical (unpaired) electrons. The number of thioether (sulfide) groups is 1.